The Morgan fingerprint density at radius 3 is 2.35 bits per heavy atom. The van der Waals surface area contributed by atoms with Crippen LogP contribution in [-0.4, -0.2) is 69.5 Å². The number of nitrogens with zero attached hydrogens (tertiary/aromatic N) is 2. The second-order valence-electron chi connectivity index (χ2n) is 5.02. The number of aliphatic carboxylic acids is 1. The van der Waals surface area contributed by atoms with Gasteiger partial charge in [-0.15, -0.1) is 0 Å². The molecular weight excluding hydrogens is 281 g/mol. The van der Waals surface area contributed by atoms with Crippen molar-refractivity contribution in [2.24, 2.45) is 0 Å². The van der Waals surface area contributed by atoms with Crippen molar-refractivity contribution < 1.29 is 33.0 Å². The van der Waals surface area contributed by atoms with Crippen molar-refractivity contribution in [2.75, 3.05) is 13.1 Å². The molecule has 20 heavy (non-hydrogen) atoms. The zero-order valence-corrected chi connectivity index (χ0v) is 11.1. The van der Waals surface area contributed by atoms with Gasteiger partial charge in [0.1, 0.15) is 12.6 Å². The number of likely N-dealkylation sites (tertiary alicyclic amines) is 1. The molecule has 1 aliphatic heterocycles. The van der Waals surface area contributed by atoms with E-state index in [1.54, 1.807) is 0 Å². The lowest BCUT2D eigenvalue weighted by molar-refractivity contribution is -0.145. The van der Waals surface area contributed by atoms with Crippen molar-refractivity contribution >= 4 is 12.0 Å². The van der Waals surface area contributed by atoms with E-state index in [1.165, 1.54) is 13.8 Å². The molecule has 0 aromatic carbocycles. The Balaban J connectivity index is 2.91. The highest BCUT2D eigenvalue weighted by Crippen LogP contribution is 2.24. The van der Waals surface area contributed by atoms with Gasteiger partial charge in [-0.3, -0.25) is 0 Å². The van der Waals surface area contributed by atoms with E-state index in [1.807, 2.05) is 0 Å². The van der Waals surface area contributed by atoms with E-state index in [0.29, 0.717) is 4.90 Å². The number of β-amino-alcohol motifs (C(OH)–C–C–N with tert-alkyl or cyclic N) is 1. The highest BCUT2D eigenvalue weighted by molar-refractivity contribution is 5.83. The van der Waals surface area contributed by atoms with Crippen LogP contribution in [0, 0.1) is 0 Å². The van der Waals surface area contributed by atoms with Gasteiger partial charge in [0.25, 0.3) is 0 Å². The van der Waals surface area contributed by atoms with Crippen LogP contribution in [0.1, 0.15) is 20.3 Å². The smallest absolute Gasteiger partial charge is 0.406 e. The number of carbonyl (C=O) groups excluding carboxylic acids is 1. The summed E-state index contributed by atoms with van der Waals surface area (Å²) in [5.74, 6) is -1.34. The van der Waals surface area contributed by atoms with Gasteiger partial charge in [-0.2, -0.15) is 13.2 Å². The Morgan fingerprint density at radius 1 is 1.40 bits per heavy atom. The first kappa shape index (κ1) is 16.5. The van der Waals surface area contributed by atoms with Crippen LogP contribution in [-0.2, 0) is 4.79 Å². The molecule has 0 aliphatic carbocycles. The molecule has 0 radical (unpaired) electrons. The number of carboxylic acid groups (broad SMARTS) is 1. The Bertz CT molecular complexity index is 386. The van der Waals surface area contributed by atoms with Crippen LogP contribution < -0.4 is 0 Å². The summed E-state index contributed by atoms with van der Waals surface area (Å²) in [5.41, 5.74) is 0. The zero-order valence-electron chi connectivity index (χ0n) is 11.1. The molecule has 1 rings (SSSR count). The first-order valence-corrected chi connectivity index (χ1v) is 6.07. The summed E-state index contributed by atoms with van der Waals surface area (Å²) >= 11 is 0. The molecule has 2 amide bonds. The van der Waals surface area contributed by atoms with Gasteiger partial charge >= 0.3 is 18.2 Å². The number of carbonyl (C=O) groups is 2. The average Bonchev–Trinajstić information content (AvgIpc) is 2.66. The standard InChI is InChI=1S/C11H17F3N2O4/c1-6(2)16(5-11(12,13)14)10(20)15-4-7(17)3-8(15)9(18)19/h6-8,17H,3-5H2,1-2H3,(H,18,19)/t7?,8-/m0/s1. The molecule has 9 heteroatoms. The summed E-state index contributed by atoms with van der Waals surface area (Å²) < 4.78 is 37.4. The summed E-state index contributed by atoms with van der Waals surface area (Å²) in [7, 11) is 0. The second-order valence-corrected chi connectivity index (χ2v) is 5.02. The van der Waals surface area contributed by atoms with Gasteiger partial charge in [0.05, 0.1) is 6.10 Å². The molecule has 0 aromatic heterocycles. The number of aliphatic hydroxyl groups excluding tert-OH is 1. The molecule has 116 valence electrons. The maximum atomic E-state index is 12.5. The lowest BCUT2D eigenvalue weighted by atomic mass is 10.2. The largest absolute Gasteiger partial charge is 0.480 e. The van der Waals surface area contributed by atoms with E-state index >= 15 is 0 Å². The summed E-state index contributed by atoms with van der Waals surface area (Å²) in [5, 5.41) is 18.4. The van der Waals surface area contributed by atoms with E-state index in [4.69, 9.17) is 5.11 Å². The van der Waals surface area contributed by atoms with Gasteiger partial charge in [0.2, 0.25) is 0 Å². The number of alkyl halides is 3. The first-order valence-electron chi connectivity index (χ1n) is 6.07. The first-order chi connectivity index (χ1) is 9.03. The number of carboxylic acids is 1. The molecular formula is C11H17F3N2O4. The number of urea groups is 1. The lowest BCUT2D eigenvalue weighted by Crippen LogP contribution is -2.52. The van der Waals surface area contributed by atoms with Gasteiger partial charge < -0.3 is 20.0 Å². The Kier molecular flexibility index (Phi) is 4.85. The van der Waals surface area contributed by atoms with E-state index in [-0.39, 0.29) is 13.0 Å². The Labute approximate surface area is 113 Å². The molecule has 1 aliphatic rings. The number of aliphatic hydroxyl groups is 1. The van der Waals surface area contributed by atoms with Crippen LogP contribution in [0.2, 0.25) is 0 Å². The normalized spacial score (nSPS) is 23.2. The van der Waals surface area contributed by atoms with E-state index in [9.17, 15) is 27.9 Å². The highest BCUT2D eigenvalue weighted by Gasteiger charge is 2.43. The molecule has 2 atom stereocenters. The fourth-order valence-electron chi connectivity index (χ4n) is 2.09. The lowest BCUT2D eigenvalue weighted by Gasteiger charge is -2.33. The van der Waals surface area contributed by atoms with Crippen molar-refractivity contribution in [1.29, 1.82) is 0 Å². The predicted molar refractivity (Wildman–Crippen MR) is 62.0 cm³/mol. The molecule has 1 fully saturated rings. The Hall–Kier alpha value is -1.51. The molecule has 0 saturated carbocycles. The molecule has 0 aromatic rings. The SMILES string of the molecule is CC(C)N(CC(F)(F)F)C(=O)N1CC(O)C[C@H]1C(=O)O. The molecule has 6 nitrogen and oxygen atoms in total. The third kappa shape index (κ3) is 3.99. The average molecular weight is 298 g/mol. The monoisotopic (exact) mass is 298 g/mol. The van der Waals surface area contributed by atoms with Crippen LogP contribution in [0.4, 0.5) is 18.0 Å². The zero-order chi connectivity index (χ0) is 15.7. The number of rotatable bonds is 3. The quantitative estimate of drug-likeness (QED) is 0.811. The van der Waals surface area contributed by atoms with Gasteiger partial charge in [0.15, 0.2) is 0 Å². The van der Waals surface area contributed by atoms with Gasteiger partial charge in [-0.05, 0) is 13.8 Å². The number of halogens is 3. The van der Waals surface area contributed by atoms with E-state index in [2.05, 4.69) is 0 Å². The third-order valence-electron chi connectivity index (χ3n) is 3.03. The minimum absolute atomic E-state index is 0.182. The third-order valence-corrected chi connectivity index (χ3v) is 3.03. The minimum Gasteiger partial charge on any atom is -0.480 e. The topological polar surface area (TPSA) is 81.1 Å². The van der Waals surface area contributed by atoms with Crippen LogP contribution in [0.25, 0.3) is 0 Å². The van der Waals surface area contributed by atoms with Crippen LogP contribution in [0.3, 0.4) is 0 Å². The molecule has 0 bridgehead atoms. The number of amides is 2. The van der Waals surface area contributed by atoms with E-state index < -0.39 is 42.9 Å². The Morgan fingerprint density at radius 2 is 1.95 bits per heavy atom. The molecule has 1 heterocycles. The summed E-state index contributed by atoms with van der Waals surface area (Å²) in [6.45, 7) is 1.08. The molecule has 2 N–H and O–H groups in total. The summed E-state index contributed by atoms with van der Waals surface area (Å²) in [4.78, 5) is 24.4. The number of hydrogen-bond donors (Lipinski definition) is 2. The van der Waals surface area contributed by atoms with Crippen molar-refractivity contribution in [1.82, 2.24) is 9.80 Å². The predicted octanol–water partition coefficient (Wildman–Crippen LogP) is 0.899. The van der Waals surface area contributed by atoms with Crippen LogP contribution in [0.15, 0.2) is 0 Å². The van der Waals surface area contributed by atoms with Crippen LogP contribution in [0.5, 0.6) is 0 Å². The summed E-state index contributed by atoms with van der Waals surface area (Å²) in [6.07, 6.45) is -5.80. The maximum Gasteiger partial charge on any atom is 0.406 e. The van der Waals surface area contributed by atoms with Crippen molar-refractivity contribution in [2.45, 2.75) is 44.6 Å². The highest BCUT2D eigenvalue weighted by atomic mass is 19.4. The minimum atomic E-state index is -4.57. The fraction of sp³-hybridized carbons (Fsp3) is 0.818. The van der Waals surface area contributed by atoms with Crippen molar-refractivity contribution in [3.63, 3.8) is 0 Å². The second kappa shape index (κ2) is 5.86. The van der Waals surface area contributed by atoms with Crippen LogP contribution >= 0.6 is 0 Å². The maximum absolute atomic E-state index is 12.5. The van der Waals surface area contributed by atoms with E-state index in [0.717, 1.165) is 4.90 Å². The van der Waals surface area contributed by atoms with Crippen molar-refractivity contribution in [3.8, 4) is 0 Å². The molecule has 1 saturated heterocycles. The fourth-order valence-corrected chi connectivity index (χ4v) is 2.09. The van der Waals surface area contributed by atoms with Gasteiger partial charge in [-0.25, -0.2) is 9.59 Å². The molecule has 0 spiro atoms. The van der Waals surface area contributed by atoms with Crippen molar-refractivity contribution in [3.05, 3.63) is 0 Å². The molecule has 1 unspecified atom stereocenters. The summed E-state index contributed by atoms with van der Waals surface area (Å²) in [6, 6.07) is -3.07. The van der Waals surface area contributed by atoms with Gasteiger partial charge in [0, 0.05) is 19.0 Å². The number of hydrogen-bond acceptors (Lipinski definition) is 3. The van der Waals surface area contributed by atoms with Gasteiger partial charge in [-0.1, -0.05) is 0 Å².